The number of alkyl halides is 3. The van der Waals surface area contributed by atoms with E-state index in [1.165, 1.54) is 0 Å². The molecule has 0 spiro atoms. The van der Waals surface area contributed by atoms with Crippen molar-refractivity contribution in [3.8, 4) is 5.75 Å². The van der Waals surface area contributed by atoms with Gasteiger partial charge in [-0.2, -0.15) is 13.2 Å². The van der Waals surface area contributed by atoms with Crippen LogP contribution < -0.4 is 4.65 Å². The van der Waals surface area contributed by atoms with E-state index in [4.69, 9.17) is 10.0 Å². The SMILES string of the molecule is OB(O)Oc1ccncc1C(F)(F)F. The summed E-state index contributed by atoms with van der Waals surface area (Å²) in [4.78, 5) is 3.26. The van der Waals surface area contributed by atoms with Crippen molar-refractivity contribution < 1.29 is 27.9 Å². The normalized spacial score (nSPS) is 11.2. The number of pyridine rings is 1. The van der Waals surface area contributed by atoms with Crippen molar-refractivity contribution in [2.24, 2.45) is 0 Å². The fourth-order valence-corrected chi connectivity index (χ4v) is 0.811. The van der Waals surface area contributed by atoms with Crippen molar-refractivity contribution in [1.82, 2.24) is 4.98 Å². The number of rotatable bonds is 2. The summed E-state index contributed by atoms with van der Waals surface area (Å²) in [5.74, 6) is -0.678. The highest BCUT2D eigenvalue weighted by Crippen LogP contribution is 2.35. The molecule has 0 fully saturated rings. The lowest BCUT2D eigenvalue weighted by Gasteiger charge is -2.12. The average Bonchev–Trinajstić information content (AvgIpc) is 2.01. The van der Waals surface area contributed by atoms with Crippen LogP contribution in [0.4, 0.5) is 13.2 Å². The topological polar surface area (TPSA) is 62.6 Å². The first-order chi connectivity index (χ1) is 6.41. The van der Waals surface area contributed by atoms with E-state index >= 15 is 0 Å². The molecule has 0 amide bonds. The van der Waals surface area contributed by atoms with E-state index in [2.05, 4.69) is 9.64 Å². The standard InChI is InChI=1S/C6H5BF3NO3/c8-6(9,10)4-3-11-2-1-5(4)14-7(12)13/h1-3,12-13H. The minimum Gasteiger partial charge on any atom is -0.511 e. The van der Waals surface area contributed by atoms with Gasteiger partial charge in [0.2, 0.25) is 0 Å². The summed E-state index contributed by atoms with van der Waals surface area (Å²) in [7, 11) is -2.29. The lowest BCUT2D eigenvalue weighted by atomic mass is 10.2. The molecule has 76 valence electrons. The van der Waals surface area contributed by atoms with E-state index in [9.17, 15) is 13.2 Å². The summed E-state index contributed by atoms with van der Waals surface area (Å²) in [6, 6.07) is 0.891. The average molecular weight is 207 g/mol. The van der Waals surface area contributed by atoms with Crippen molar-refractivity contribution in [3.63, 3.8) is 0 Å². The summed E-state index contributed by atoms with van der Waals surface area (Å²) >= 11 is 0. The predicted molar refractivity (Wildman–Crippen MR) is 40.1 cm³/mol. The fraction of sp³-hybridized carbons (Fsp3) is 0.167. The molecule has 0 atom stereocenters. The van der Waals surface area contributed by atoms with Gasteiger partial charge in [0.15, 0.2) is 0 Å². The van der Waals surface area contributed by atoms with Crippen LogP contribution in [0.15, 0.2) is 18.5 Å². The van der Waals surface area contributed by atoms with Gasteiger partial charge in [0.25, 0.3) is 0 Å². The molecule has 4 nitrogen and oxygen atoms in total. The van der Waals surface area contributed by atoms with E-state index in [0.29, 0.717) is 6.20 Å². The van der Waals surface area contributed by atoms with E-state index in [0.717, 1.165) is 12.3 Å². The Morgan fingerprint density at radius 3 is 2.50 bits per heavy atom. The van der Waals surface area contributed by atoms with Crippen molar-refractivity contribution in [3.05, 3.63) is 24.0 Å². The van der Waals surface area contributed by atoms with Gasteiger partial charge < -0.3 is 14.7 Å². The van der Waals surface area contributed by atoms with Crippen LogP contribution in [0.5, 0.6) is 5.75 Å². The molecule has 0 saturated heterocycles. The molecule has 2 N–H and O–H groups in total. The van der Waals surface area contributed by atoms with Crippen molar-refractivity contribution in [2.45, 2.75) is 6.18 Å². The van der Waals surface area contributed by atoms with Gasteiger partial charge in [-0.05, 0) is 6.07 Å². The maximum absolute atomic E-state index is 12.2. The van der Waals surface area contributed by atoms with Crippen molar-refractivity contribution in [1.29, 1.82) is 0 Å². The zero-order valence-electron chi connectivity index (χ0n) is 6.69. The summed E-state index contributed by atoms with van der Waals surface area (Å²) in [5, 5.41) is 16.7. The van der Waals surface area contributed by atoms with Crippen LogP contribution in [0, 0.1) is 0 Å². The maximum Gasteiger partial charge on any atom is 0.707 e. The third-order valence-corrected chi connectivity index (χ3v) is 1.32. The van der Waals surface area contributed by atoms with Gasteiger partial charge in [-0.1, -0.05) is 0 Å². The first-order valence-corrected chi connectivity index (χ1v) is 3.45. The molecule has 1 aromatic heterocycles. The Kier molecular flexibility index (Phi) is 2.97. The molecule has 8 heteroatoms. The number of nitrogens with zero attached hydrogens (tertiary/aromatic N) is 1. The first-order valence-electron chi connectivity index (χ1n) is 3.45. The van der Waals surface area contributed by atoms with E-state index in [1.807, 2.05) is 0 Å². The van der Waals surface area contributed by atoms with Crippen molar-refractivity contribution >= 4 is 7.32 Å². The van der Waals surface area contributed by atoms with Gasteiger partial charge in [0.05, 0.1) is 0 Å². The third-order valence-electron chi connectivity index (χ3n) is 1.32. The van der Waals surface area contributed by atoms with Crippen LogP contribution in [0.1, 0.15) is 5.56 Å². The minimum absolute atomic E-state index is 0.539. The van der Waals surface area contributed by atoms with Gasteiger partial charge in [0, 0.05) is 12.4 Å². The molecule has 0 aliphatic heterocycles. The molecule has 14 heavy (non-hydrogen) atoms. The highest BCUT2D eigenvalue weighted by molar-refractivity contribution is 6.33. The Balaban J connectivity index is 3.04. The van der Waals surface area contributed by atoms with Gasteiger partial charge in [0.1, 0.15) is 11.3 Å². The van der Waals surface area contributed by atoms with Gasteiger partial charge in [-0.3, -0.25) is 4.98 Å². The number of aromatic nitrogens is 1. The second-order valence-corrected chi connectivity index (χ2v) is 2.31. The Morgan fingerprint density at radius 2 is 2.00 bits per heavy atom. The van der Waals surface area contributed by atoms with Gasteiger partial charge >= 0.3 is 13.5 Å². The Hall–Kier alpha value is -1.28. The van der Waals surface area contributed by atoms with Crippen LogP contribution in [0.3, 0.4) is 0 Å². The zero-order chi connectivity index (χ0) is 10.8. The summed E-state index contributed by atoms with van der Waals surface area (Å²) < 4.78 is 40.8. The van der Waals surface area contributed by atoms with Crippen LogP contribution in [-0.2, 0) is 6.18 Å². The lowest BCUT2D eigenvalue weighted by Crippen LogP contribution is -2.22. The van der Waals surface area contributed by atoms with Gasteiger partial charge in [-0.25, -0.2) is 0 Å². The molecule has 0 saturated carbocycles. The molecular formula is C6H5BF3NO3. The largest absolute Gasteiger partial charge is 0.707 e. The van der Waals surface area contributed by atoms with Crippen LogP contribution in [0.25, 0.3) is 0 Å². The highest BCUT2D eigenvalue weighted by atomic mass is 19.4. The van der Waals surface area contributed by atoms with Gasteiger partial charge in [-0.15, -0.1) is 0 Å². The molecular weight excluding hydrogens is 202 g/mol. The zero-order valence-corrected chi connectivity index (χ0v) is 6.69. The predicted octanol–water partition coefficient (Wildman–Crippen LogP) is 0.449. The lowest BCUT2D eigenvalue weighted by molar-refractivity contribution is -0.138. The summed E-state index contributed by atoms with van der Waals surface area (Å²) in [5.41, 5.74) is -1.16. The van der Waals surface area contributed by atoms with Crippen LogP contribution in [0.2, 0.25) is 0 Å². The molecule has 0 radical (unpaired) electrons. The Morgan fingerprint density at radius 1 is 1.36 bits per heavy atom. The van der Waals surface area contributed by atoms with E-state index in [-0.39, 0.29) is 0 Å². The molecule has 0 aliphatic carbocycles. The monoisotopic (exact) mass is 207 g/mol. The second kappa shape index (κ2) is 3.85. The molecule has 0 bridgehead atoms. The van der Waals surface area contributed by atoms with Crippen LogP contribution in [-0.4, -0.2) is 22.4 Å². The number of halogens is 3. The van der Waals surface area contributed by atoms with Crippen LogP contribution >= 0.6 is 0 Å². The highest BCUT2D eigenvalue weighted by Gasteiger charge is 2.35. The Bertz CT molecular complexity index is 317. The molecule has 1 aromatic rings. The Labute approximate surface area is 77.1 Å². The third kappa shape index (κ3) is 2.61. The first kappa shape index (κ1) is 10.8. The summed E-state index contributed by atoms with van der Waals surface area (Å²) in [6.45, 7) is 0. The number of hydrogen-bond acceptors (Lipinski definition) is 4. The quantitative estimate of drug-likeness (QED) is 0.691. The molecule has 1 rings (SSSR count). The molecule has 0 aliphatic rings. The maximum atomic E-state index is 12.2. The summed E-state index contributed by atoms with van der Waals surface area (Å²) in [6.07, 6.45) is -3.05. The van der Waals surface area contributed by atoms with E-state index < -0.39 is 24.8 Å². The number of hydrogen-bond donors (Lipinski definition) is 2. The molecule has 0 unspecified atom stereocenters. The van der Waals surface area contributed by atoms with Crippen molar-refractivity contribution in [2.75, 3.05) is 0 Å². The molecule has 1 heterocycles. The van der Waals surface area contributed by atoms with E-state index in [1.54, 1.807) is 0 Å². The smallest absolute Gasteiger partial charge is 0.511 e. The second-order valence-electron chi connectivity index (χ2n) is 2.31. The minimum atomic E-state index is -4.64. The molecule has 0 aromatic carbocycles. The fourth-order valence-electron chi connectivity index (χ4n) is 0.811.